The van der Waals surface area contributed by atoms with Gasteiger partial charge in [-0.15, -0.1) is 0 Å². The quantitative estimate of drug-likeness (QED) is 0.836. The number of nitrogens with zero attached hydrogens (tertiary/aromatic N) is 5. The van der Waals surface area contributed by atoms with Crippen molar-refractivity contribution >= 4 is 11.0 Å². The first-order valence-corrected chi connectivity index (χ1v) is 7.55. The van der Waals surface area contributed by atoms with Crippen LogP contribution in [0.5, 0.6) is 0 Å². The molecule has 0 saturated carbocycles. The van der Waals surface area contributed by atoms with Crippen molar-refractivity contribution < 1.29 is 0 Å². The predicted octanol–water partition coefficient (Wildman–Crippen LogP) is 2.08. The second-order valence-electron chi connectivity index (χ2n) is 5.43. The van der Waals surface area contributed by atoms with Crippen molar-refractivity contribution in [2.75, 3.05) is 19.6 Å². The normalized spacial score (nSPS) is 16.9. The lowest BCUT2D eigenvalue weighted by Crippen LogP contribution is -2.32. The van der Waals surface area contributed by atoms with Crippen molar-refractivity contribution in [3.63, 3.8) is 0 Å². The number of rotatable bonds is 5. The van der Waals surface area contributed by atoms with Gasteiger partial charge in [0, 0.05) is 6.54 Å². The third kappa shape index (κ3) is 2.82. The van der Waals surface area contributed by atoms with Crippen LogP contribution in [0, 0.1) is 6.92 Å². The molecule has 0 aliphatic carbocycles. The summed E-state index contributed by atoms with van der Waals surface area (Å²) in [4.78, 5) is 11.3. The summed E-state index contributed by atoms with van der Waals surface area (Å²) >= 11 is 0. The minimum absolute atomic E-state index is 0.852. The number of likely N-dealkylation sites (tertiary alicyclic amines) is 1. The average molecular weight is 272 g/mol. The fourth-order valence-electron chi connectivity index (χ4n) is 2.89. The molecule has 0 aromatic carbocycles. The van der Waals surface area contributed by atoms with Gasteiger partial charge in [0.2, 0.25) is 0 Å². The molecule has 1 fully saturated rings. The Labute approximate surface area is 120 Å². The van der Waals surface area contributed by atoms with Crippen LogP contribution in [-0.4, -0.2) is 44.3 Å². The molecule has 1 radical (unpaired) electrons. The second kappa shape index (κ2) is 6.31. The molecule has 3 rings (SSSR count). The van der Waals surface area contributed by atoms with Gasteiger partial charge in [0.1, 0.15) is 6.33 Å². The molecule has 1 saturated heterocycles. The molecule has 107 valence electrons. The van der Waals surface area contributed by atoms with Crippen molar-refractivity contribution in [3.05, 3.63) is 25.1 Å². The van der Waals surface area contributed by atoms with Crippen LogP contribution in [0.2, 0.25) is 0 Å². The molecule has 5 heteroatoms. The Morgan fingerprint density at radius 1 is 1.10 bits per heavy atom. The average Bonchev–Trinajstić information content (AvgIpc) is 2.91. The van der Waals surface area contributed by atoms with Crippen LogP contribution in [-0.2, 0) is 13.0 Å². The summed E-state index contributed by atoms with van der Waals surface area (Å²) in [5.41, 5.74) is 2.02. The van der Waals surface area contributed by atoms with Gasteiger partial charge in [-0.05, 0) is 38.8 Å². The van der Waals surface area contributed by atoms with E-state index in [1.54, 1.807) is 6.33 Å². The maximum absolute atomic E-state index is 4.49. The van der Waals surface area contributed by atoms with E-state index >= 15 is 0 Å². The molecule has 5 nitrogen and oxygen atoms in total. The lowest BCUT2D eigenvalue weighted by Gasteiger charge is -2.26. The van der Waals surface area contributed by atoms with Gasteiger partial charge < -0.3 is 4.90 Å². The van der Waals surface area contributed by atoms with E-state index in [1.165, 1.54) is 32.4 Å². The highest BCUT2D eigenvalue weighted by molar-refractivity contribution is 5.76. The van der Waals surface area contributed by atoms with E-state index in [-0.39, 0.29) is 0 Å². The molecular formula is C15H22N5. The second-order valence-corrected chi connectivity index (χ2v) is 5.43. The maximum Gasteiger partial charge on any atom is 0.161 e. The van der Waals surface area contributed by atoms with Gasteiger partial charge in [0.25, 0.3) is 0 Å². The third-order valence-corrected chi connectivity index (χ3v) is 4.01. The number of aromatic nitrogens is 4. The first-order valence-electron chi connectivity index (χ1n) is 7.55. The van der Waals surface area contributed by atoms with Crippen molar-refractivity contribution in [2.24, 2.45) is 0 Å². The van der Waals surface area contributed by atoms with Gasteiger partial charge in [-0.1, -0.05) is 13.3 Å². The Balaban J connectivity index is 1.73. The molecule has 0 amide bonds. The van der Waals surface area contributed by atoms with Gasteiger partial charge in [-0.2, -0.15) is 5.10 Å². The maximum atomic E-state index is 4.49. The van der Waals surface area contributed by atoms with Crippen LogP contribution in [0.15, 0.2) is 12.5 Å². The fourth-order valence-corrected chi connectivity index (χ4v) is 2.89. The molecule has 0 atom stereocenters. The van der Waals surface area contributed by atoms with E-state index in [0.717, 1.165) is 42.7 Å². The number of hydrogen-bond donors (Lipinski definition) is 0. The summed E-state index contributed by atoms with van der Waals surface area (Å²) in [7, 11) is 0. The van der Waals surface area contributed by atoms with E-state index in [9.17, 15) is 0 Å². The van der Waals surface area contributed by atoms with E-state index in [2.05, 4.69) is 26.9 Å². The van der Waals surface area contributed by atoms with Crippen molar-refractivity contribution in [3.8, 4) is 0 Å². The Morgan fingerprint density at radius 3 is 2.75 bits per heavy atom. The summed E-state index contributed by atoms with van der Waals surface area (Å²) in [6.45, 7) is 8.31. The SMILES string of the molecule is [CH2]CCc1ncnc2c1cnn2CCN1CCCCC1. The summed E-state index contributed by atoms with van der Waals surface area (Å²) in [6.07, 6.45) is 9.32. The molecule has 2 aromatic heterocycles. The smallest absolute Gasteiger partial charge is 0.161 e. The zero-order valence-electron chi connectivity index (χ0n) is 12.0. The molecule has 0 unspecified atom stereocenters. The van der Waals surface area contributed by atoms with Crippen LogP contribution in [0.1, 0.15) is 31.4 Å². The standard InChI is InChI=1S/C15H22N5/c1-2-6-14-13-11-18-20(15(13)17-12-16-14)10-9-19-7-4-3-5-8-19/h11-12H,1-10H2. The summed E-state index contributed by atoms with van der Waals surface area (Å²) in [5.74, 6) is 0. The van der Waals surface area contributed by atoms with Crippen LogP contribution in [0.25, 0.3) is 11.0 Å². The van der Waals surface area contributed by atoms with Gasteiger partial charge >= 0.3 is 0 Å². The fraction of sp³-hybridized carbons (Fsp3) is 0.600. The van der Waals surface area contributed by atoms with Crippen LogP contribution >= 0.6 is 0 Å². The van der Waals surface area contributed by atoms with Crippen molar-refractivity contribution in [1.82, 2.24) is 24.6 Å². The van der Waals surface area contributed by atoms with Crippen molar-refractivity contribution in [2.45, 2.75) is 38.6 Å². The first-order chi connectivity index (χ1) is 9.88. The summed E-state index contributed by atoms with van der Waals surface area (Å²) in [5, 5.41) is 5.57. The lowest BCUT2D eigenvalue weighted by molar-refractivity contribution is 0.219. The highest BCUT2D eigenvalue weighted by Crippen LogP contribution is 2.16. The topological polar surface area (TPSA) is 46.8 Å². The van der Waals surface area contributed by atoms with E-state index in [4.69, 9.17) is 0 Å². The molecule has 3 heterocycles. The van der Waals surface area contributed by atoms with Gasteiger partial charge in [0.05, 0.1) is 23.8 Å². The van der Waals surface area contributed by atoms with Crippen molar-refractivity contribution in [1.29, 1.82) is 0 Å². The Kier molecular flexibility index (Phi) is 4.25. The predicted molar refractivity (Wildman–Crippen MR) is 79.3 cm³/mol. The largest absolute Gasteiger partial charge is 0.301 e. The van der Waals surface area contributed by atoms with Crippen LogP contribution in [0.4, 0.5) is 0 Å². The number of aryl methyl sites for hydroxylation is 1. The zero-order chi connectivity index (χ0) is 13.8. The third-order valence-electron chi connectivity index (χ3n) is 4.01. The van der Waals surface area contributed by atoms with Gasteiger partial charge in [-0.3, -0.25) is 0 Å². The lowest BCUT2D eigenvalue weighted by atomic mass is 10.1. The van der Waals surface area contributed by atoms with Gasteiger partial charge in [0.15, 0.2) is 5.65 Å². The molecule has 0 N–H and O–H groups in total. The van der Waals surface area contributed by atoms with E-state index in [0.29, 0.717) is 0 Å². The van der Waals surface area contributed by atoms with Crippen LogP contribution in [0.3, 0.4) is 0 Å². The zero-order valence-corrected chi connectivity index (χ0v) is 12.0. The Morgan fingerprint density at radius 2 is 1.95 bits per heavy atom. The Hall–Kier alpha value is -1.49. The molecule has 2 aromatic rings. The first kappa shape index (κ1) is 13.5. The van der Waals surface area contributed by atoms with Gasteiger partial charge in [-0.25, -0.2) is 14.6 Å². The number of fused-ring (bicyclic) bond motifs is 1. The summed E-state index contributed by atoms with van der Waals surface area (Å²) in [6, 6.07) is 0. The molecule has 1 aliphatic rings. The molecule has 20 heavy (non-hydrogen) atoms. The summed E-state index contributed by atoms with van der Waals surface area (Å²) < 4.78 is 2.01. The minimum atomic E-state index is 0.852. The monoisotopic (exact) mass is 272 g/mol. The highest BCUT2D eigenvalue weighted by Gasteiger charge is 2.12. The molecule has 0 spiro atoms. The van der Waals surface area contributed by atoms with Crippen LogP contribution < -0.4 is 0 Å². The molecule has 1 aliphatic heterocycles. The van der Waals surface area contributed by atoms with E-state index in [1.807, 2.05) is 10.9 Å². The Bertz CT molecular complexity index is 556. The highest BCUT2D eigenvalue weighted by atomic mass is 15.3. The van der Waals surface area contributed by atoms with E-state index < -0.39 is 0 Å². The number of piperidine rings is 1. The minimum Gasteiger partial charge on any atom is -0.301 e. The molecule has 0 bridgehead atoms. The molecular weight excluding hydrogens is 250 g/mol. The number of hydrogen-bond acceptors (Lipinski definition) is 4.